The smallest absolute Gasteiger partial charge is 0.342 e. The fraction of sp³-hybridized carbons (Fsp3) is 0.312. The highest BCUT2D eigenvalue weighted by Gasteiger charge is 2.43. The summed E-state index contributed by atoms with van der Waals surface area (Å²) < 4.78 is 39.9. The Labute approximate surface area is 151 Å². The van der Waals surface area contributed by atoms with Crippen molar-refractivity contribution in [3.05, 3.63) is 39.9 Å². The van der Waals surface area contributed by atoms with Gasteiger partial charge in [-0.15, -0.1) is 0 Å². The summed E-state index contributed by atoms with van der Waals surface area (Å²) in [5.74, 6) is -2.77. The number of ketones is 2. The first-order valence-corrected chi connectivity index (χ1v) is 7.94. The molecule has 0 saturated carbocycles. The van der Waals surface area contributed by atoms with Gasteiger partial charge in [0.25, 0.3) is 0 Å². The van der Waals surface area contributed by atoms with Gasteiger partial charge < -0.3 is 5.32 Å². The number of carbonyl (C=O) groups is 2. The topological polar surface area (TPSA) is 58.5 Å². The number of carbonyl (C=O) groups excluding carboxylic acids is 2. The van der Waals surface area contributed by atoms with E-state index in [-0.39, 0.29) is 34.4 Å². The maximum absolute atomic E-state index is 13.3. The van der Waals surface area contributed by atoms with E-state index in [2.05, 4.69) is 16.9 Å². The average molecular weight is 393 g/mol. The Morgan fingerprint density at radius 1 is 1.40 bits per heavy atom. The molecule has 0 fully saturated rings. The Bertz CT molecular complexity index is 788. The molecule has 4 nitrogen and oxygen atoms in total. The van der Waals surface area contributed by atoms with Gasteiger partial charge in [-0.2, -0.15) is 13.2 Å². The monoisotopic (exact) mass is 392 g/mol. The number of anilines is 1. The van der Waals surface area contributed by atoms with Crippen LogP contribution in [0.5, 0.6) is 0 Å². The van der Waals surface area contributed by atoms with Crippen molar-refractivity contribution < 1.29 is 22.8 Å². The van der Waals surface area contributed by atoms with Crippen LogP contribution in [-0.4, -0.2) is 23.9 Å². The summed E-state index contributed by atoms with van der Waals surface area (Å²) in [4.78, 5) is 28.8. The highest BCUT2D eigenvalue weighted by Crippen LogP contribution is 2.41. The van der Waals surface area contributed by atoms with Crippen LogP contribution in [0.4, 0.5) is 18.9 Å². The van der Waals surface area contributed by atoms with E-state index < -0.39 is 34.9 Å². The summed E-state index contributed by atoms with van der Waals surface area (Å²) in [5.41, 5.74) is -1.88. The minimum absolute atomic E-state index is 0.0148. The standard InChI is InChI=1S/C16H13Cl2F3N2O2/c1-3-11(24)12-14(25)9-4-8(18)5-10(16(19,20)21)13(9)23-15(12)22-6-7(2)17/h4-5,12H,2-3,6H2,1H3,(H,22,23). The summed E-state index contributed by atoms with van der Waals surface area (Å²) in [5, 5.41) is 2.34. The summed E-state index contributed by atoms with van der Waals surface area (Å²) >= 11 is 11.4. The van der Waals surface area contributed by atoms with Crippen molar-refractivity contribution in [3.8, 4) is 0 Å². The van der Waals surface area contributed by atoms with Crippen molar-refractivity contribution in [2.45, 2.75) is 19.5 Å². The molecule has 9 heteroatoms. The van der Waals surface area contributed by atoms with E-state index in [0.29, 0.717) is 6.07 Å². The molecule has 0 bridgehead atoms. The van der Waals surface area contributed by atoms with Gasteiger partial charge in [-0.25, -0.2) is 0 Å². The predicted molar refractivity (Wildman–Crippen MR) is 90.5 cm³/mol. The van der Waals surface area contributed by atoms with Gasteiger partial charge in [-0.3, -0.25) is 14.6 Å². The molecule has 2 rings (SSSR count). The molecule has 0 radical (unpaired) electrons. The number of hydrogen-bond donors (Lipinski definition) is 1. The van der Waals surface area contributed by atoms with Crippen LogP contribution in [-0.2, 0) is 11.0 Å². The molecule has 25 heavy (non-hydrogen) atoms. The maximum Gasteiger partial charge on any atom is 0.418 e. The van der Waals surface area contributed by atoms with Gasteiger partial charge in [0.1, 0.15) is 11.8 Å². The summed E-state index contributed by atoms with van der Waals surface area (Å²) in [6, 6.07) is 1.81. The lowest BCUT2D eigenvalue weighted by Gasteiger charge is -2.28. The molecule has 0 aromatic heterocycles. The zero-order valence-electron chi connectivity index (χ0n) is 13.0. The van der Waals surface area contributed by atoms with Crippen molar-refractivity contribution in [2.75, 3.05) is 11.9 Å². The third-order valence-corrected chi connectivity index (χ3v) is 3.89. The lowest BCUT2D eigenvalue weighted by molar-refractivity contribution is -0.136. The number of hydrogen-bond acceptors (Lipinski definition) is 3. The Balaban J connectivity index is 2.67. The van der Waals surface area contributed by atoms with Gasteiger partial charge in [0.15, 0.2) is 11.6 Å². The van der Waals surface area contributed by atoms with E-state index in [1.807, 2.05) is 0 Å². The van der Waals surface area contributed by atoms with Crippen LogP contribution in [0.1, 0.15) is 29.3 Å². The number of aliphatic imine (C=N–C) groups is 1. The van der Waals surface area contributed by atoms with Crippen LogP contribution in [0, 0.1) is 5.92 Å². The normalized spacial score (nSPS) is 18.7. The molecule has 1 aromatic rings. The quantitative estimate of drug-likeness (QED) is 0.754. The number of halogens is 5. The zero-order chi connectivity index (χ0) is 18.9. The van der Waals surface area contributed by atoms with E-state index >= 15 is 0 Å². The fourth-order valence-corrected chi connectivity index (χ4v) is 2.72. The molecule has 0 amide bonds. The third-order valence-electron chi connectivity index (χ3n) is 3.55. The number of fused-ring (bicyclic) bond motifs is 1. The molecule has 1 aliphatic heterocycles. The zero-order valence-corrected chi connectivity index (χ0v) is 14.5. The number of alkyl halides is 3. The van der Waals surface area contributed by atoms with Crippen molar-refractivity contribution in [2.24, 2.45) is 10.9 Å². The van der Waals surface area contributed by atoms with Crippen molar-refractivity contribution >= 4 is 46.3 Å². The molecule has 1 unspecified atom stereocenters. The van der Waals surface area contributed by atoms with Crippen LogP contribution in [0.3, 0.4) is 0 Å². The van der Waals surface area contributed by atoms with Gasteiger partial charge in [0.2, 0.25) is 0 Å². The average Bonchev–Trinajstić information content (AvgIpc) is 2.51. The molecule has 0 spiro atoms. The van der Waals surface area contributed by atoms with E-state index in [4.69, 9.17) is 23.2 Å². The first kappa shape index (κ1) is 19.5. The van der Waals surface area contributed by atoms with Gasteiger partial charge in [-0.1, -0.05) is 36.7 Å². The number of rotatable bonds is 4. The number of nitrogens with one attached hydrogen (secondary N) is 1. The molecule has 1 heterocycles. The lowest BCUT2D eigenvalue weighted by Crippen LogP contribution is -2.41. The molecular formula is C16H13Cl2F3N2O2. The number of amidine groups is 1. The van der Waals surface area contributed by atoms with Gasteiger partial charge in [-0.05, 0) is 12.1 Å². The molecule has 0 aliphatic carbocycles. The van der Waals surface area contributed by atoms with Crippen LogP contribution in [0.15, 0.2) is 28.7 Å². The molecule has 1 atom stereocenters. The Morgan fingerprint density at radius 2 is 2.04 bits per heavy atom. The van der Waals surface area contributed by atoms with Crippen LogP contribution < -0.4 is 5.32 Å². The Hall–Kier alpha value is -1.86. The SMILES string of the molecule is C=C(Cl)CN=C1Nc2c(cc(Cl)cc2C(F)(F)F)C(=O)C1C(=O)CC. The predicted octanol–water partition coefficient (Wildman–Crippen LogP) is 4.71. The second-order valence-corrected chi connectivity index (χ2v) is 6.31. The minimum Gasteiger partial charge on any atom is -0.342 e. The first-order chi connectivity index (χ1) is 11.6. The van der Waals surface area contributed by atoms with Crippen molar-refractivity contribution in [1.82, 2.24) is 0 Å². The summed E-state index contributed by atoms with van der Waals surface area (Å²) in [6.45, 7) is 4.82. The third kappa shape index (κ3) is 4.04. The van der Waals surface area contributed by atoms with Crippen LogP contribution in [0.25, 0.3) is 0 Å². The van der Waals surface area contributed by atoms with Crippen LogP contribution >= 0.6 is 23.2 Å². The molecule has 134 valence electrons. The van der Waals surface area contributed by atoms with E-state index in [9.17, 15) is 22.8 Å². The lowest BCUT2D eigenvalue weighted by atomic mass is 9.85. The van der Waals surface area contributed by atoms with Crippen LogP contribution in [0.2, 0.25) is 5.02 Å². The fourth-order valence-electron chi connectivity index (χ4n) is 2.44. The van der Waals surface area contributed by atoms with Gasteiger partial charge in [0, 0.05) is 22.0 Å². The number of nitrogens with zero attached hydrogens (tertiary/aromatic N) is 1. The van der Waals surface area contributed by atoms with Gasteiger partial charge in [0.05, 0.1) is 17.8 Å². The van der Waals surface area contributed by atoms with E-state index in [0.717, 1.165) is 6.07 Å². The first-order valence-electron chi connectivity index (χ1n) is 7.18. The van der Waals surface area contributed by atoms with Crippen molar-refractivity contribution in [1.29, 1.82) is 0 Å². The van der Waals surface area contributed by atoms with Gasteiger partial charge >= 0.3 is 6.18 Å². The summed E-state index contributed by atoms with van der Waals surface area (Å²) in [7, 11) is 0. The minimum atomic E-state index is -4.74. The van der Waals surface area contributed by atoms with E-state index in [1.165, 1.54) is 0 Å². The number of Topliss-reactive ketones (excluding diaryl/α,β-unsaturated/α-hetero) is 2. The van der Waals surface area contributed by atoms with E-state index in [1.54, 1.807) is 6.92 Å². The second-order valence-electron chi connectivity index (χ2n) is 5.33. The molecule has 1 aromatic carbocycles. The highest BCUT2D eigenvalue weighted by atomic mass is 35.5. The molecular weight excluding hydrogens is 380 g/mol. The Morgan fingerprint density at radius 3 is 2.56 bits per heavy atom. The Kier molecular flexibility index (Phi) is 5.58. The van der Waals surface area contributed by atoms with Crippen molar-refractivity contribution in [3.63, 3.8) is 0 Å². The molecule has 0 saturated heterocycles. The molecule has 1 N–H and O–H groups in total. The maximum atomic E-state index is 13.3. The number of benzene rings is 1. The highest BCUT2D eigenvalue weighted by molar-refractivity contribution is 6.35. The molecule has 1 aliphatic rings. The largest absolute Gasteiger partial charge is 0.418 e. The second kappa shape index (κ2) is 7.17. The summed E-state index contributed by atoms with van der Waals surface area (Å²) in [6.07, 6.45) is -4.73.